The van der Waals surface area contributed by atoms with Crippen LogP contribution in [0.2, 0.25) is 5.02 Å². The molecular weight excluding hydrogens is 396 g/mol. The molecule has 0 aliphatic heterocycles. The second-order valence-electron chi connectivity index (χ2n) is 5.36. The summed E-state index contributed by atoms with van der Waals surface area (Å²) >= 11 is 5.93. The van der Waals surface area contributed by atoms with Gasteiger partial charge in [0, 0.05) is 29.2 Å². The number of H-pyrrole nitrogens is 1. The first-order valence-corrected chi connectivity index (χ1v) is 9.63. The molecule has 27 heavy (non-hydrogen) atoms. The number of nitrogens with zero attached hydrogens (tertiary/aromatic N) is 2. The fraction of sp³-hybridized carbons (Fsp3) is 0.250. The SMILES string of the molecule is COCCOc1cnc(NS(=O)(=O)c2c[nH]c3cc(Cl)ccc23)nc1OC. The van der Waals surface area contributed by atoms with Crippen LogP contribution in [-0.4, -0.2) is 50.8 Å². The lowest BCUT2D eigenvalue weighted by molar-refractivity contribution is 0.143. The van der Waals surface area contributed by atoms with Gasteiger partial charge in [0.2, 0.25) is 5.95 Å². The van der Waals surface area contributed by atoms with E-state index in [-0.39, 0.29) is 29.1 Å². The summed E-state index contributed by atoms with van der Waals surface area (Å²) in [6.45, 7) is 0.654. The summed E-state index contributed by atoms with van der Waals surface area (Å²) in [5.41, 5.74) is 0.600. The van der Waals surface area contributed by atoms with E-state index >= 15 is 0 Å². The fourth-order valence-electron chi connectivity index (χ4n) is 2.35. The molecule has 0 amide bonds. The Balaban J connectivity index is 1.86. The number of methoxy groups -OCH3 is 2. The summed E-state index contributed by atoms with van der Waals surface area (Å²) in [7, 11) is -0.989. The fourth-order valence-corrected chi connectivity index (χ4v) is 3.66. The number of aromatic nitrogens is 3. The van der Waals surface area contributed by atoms with Crippen LogP contribution < -0.4 is 14.2 Å². The van der Waals surface area contributed by atoms with Gasteiger partial charge in [0.25, 0.3) is 15.9 Å². The van der Waals surface area contributed by atoms with Crippen LogP contribution in [0.3, 0.4) is 0 Å². The minimum absolute atomic E-state index is 0.0529. The largest absolute Gasteiger partial charge is 0.484 e. The second kappa shape index (κ2) is 7.99. The van der Waals surface area contributed by atoms with Crippen molar-refractivity contribution in [1.29, 1.82) is 0 Å². The van der Waals surface area contributed by atoms with Crippen LogP contribution in [-0.2, 0) is 14.8 Å². The van der Waals surface area contributed by atoms with Crippen molar-refractivity contribution in [3.8, 4) is 11.6 Å². The highest BCUT2D eigenvalue weighted by molar-refractivity contribution is 7.93. The molecule has 1 aromatic carbocycles. The van der Waals surface area contributed by atoms with Crippen molar-refractivity contribution in [3.05, 3.63) is 35.6 Å². The lowest BCUT2D eigenvalue weighted by atomic mass is 10.2. The molecule has 2 heterocycles. The van der Waals surface area contributed by atoms with E-state index in [0.29, 0.717) is 22.5 Å². The maximum atomic E-state index is 12.7. The predicted octanol–water partition coefficient (Wildman–Crippen LogP) is 2.45. The number of hydrogen-bond donors (Lipinski definition) is 2. The van der Waals surface area contributed by atoms with Gasteiger partial charge in [-0.2, -0.15) is 4.98 Å². The topological polar surface area (TPSA) is 115 Å². The first kappa shape index (κ1) is 19.2. The Labute approximate surface area is 160 Å². The Morgan fingerprint density at radius 1 is 1.26 bits per heavy atom. The van der Waals surface area contributed by atoms with Crippen LogP contribution in [0.15, 0.2) is 35.5 Å². The number of sulfonamides is 1. The van der Waals surface area contributed by atoms with Crippen molar-refractivity contribution >= 4 is 38.5 Å². The highest BCUT2D eigenvalue weighted by Gasteiger charge is 2.21. The van der Waals surface area contributed by atoms with E-state index in [9.17, 15) is 8.42 Å². The standard InChI is InChI=1S/C16H17ClN4O5S/c1-24-5-6-26-13-8-19-16(20-15(13)25-2)21-27(22,23)14-9-18-12-7-10(17)3-4-11(12)14/h3-4,7-9,18H,5-6H2,1-2H3,(H,19,20,21). The van der Waals surface area contributed by atoms with E-state index in [1.165, 1.54) is 19.5 Å². The highest BCUT2D eigenvalue weighted by atomic mass is 35.5. The summed E-state index contributed by atoms with van der Waals surface area (Å²) in [5, 5.41) is 0.997. The first-order valence-electron chi connectivity index (χ1n) is 7.77. The third-order valence-corrected chi connectivity index (χ3v) is 5.18. The average molecular weight is 413 g/mol. The number of anilines is 1. The van der Waals surface area contributed by atoms with Crippen LogP contribution in [0.5, 0.6) is 11.6 Å². The van der Waals surface area contributed by atoms with Gasteiger partial charge in [0.1, 0.15) is 11.5 Å². The van der Waals surface area contributed by atoms with Crippen LogP contribution >= 0.6 is 11.6 Å². The molecule has 0 spiro atoms. The molecule has 3 rings (SSSR count). The van der Waals surface area contributed by atoms with Crippen LogP contribution in [0.4, 0.5) is 5.95 Å². The Kier molecular flexibility index (Phi) is 5.68. The number of ether oxygens (including phenoxy) is 3. The average Bonchev–Trinajstić information content (AvgIpc) is 3.06. The van der Waals surface area contributed by atoms with Crippen molar-refractivity contribution in [3.63, 3.8) is 0 Å². The van der Waals surface area contributed by atoms with Gasteiger partial charge in [-0.15, -0.1) is 0 Å². The summed E-state index contributed by atoms with van der Waals surface area (Å²) in [6.07, 6.45) is 2.71. The lowest BCUT2D eigenvalue weighted by Gasteiger charge is -2.11. The van der Waals surface area contributed by atoms with Gasteiger partial charge in [-0.05, 0) is 18.2 Å². The van der Waals surface area contributed by atoms with E-state index in [0.717, 1.165) is 0 Å². The molecule has 0 saturated heterocycles. The van der Waals surface area contributed by atoms with E-state index in [4.69, 9.17) is 25.8 Å². The smallest absolute Gasteiger partial charge is 0.266 e. The molecule has 9 nitrogen and oxygen atoms in total. The van der Waals surface area contributed by atoms with Crippen LogP contribution in [0, 0.1) is 0 Å². The van der Waals surface area contributed by atoms with E-state index in [1.807, 2.05) is 0 Å². The van der Waals surface area contributed by atoms with Crippen molar-refractivity contribution in [2.24, 2.45) is 0 Å². The molecule has 3 aromatic rings. The zero-order valence-electron chi connectivity index (χ0n) is 14.5. The maximum absolute atomic E-state index is 12.7. The molecular formula is C16H17ClN4O5S. The number of nitrogens with one attached hydrogen (secondary N) is 2. The van der Waals surface area contributed by atoms with Gasteiger partial charge in [-0.1, -0.05) is 11.6 Å². The normalized spacial score (nSPS) is 11.5. The third kappa shape index (κ3) is 4.24. The van der Waals surface area contributed by atoms with Gasteiger partial charge in [-0.25, -0.2) is 18.1 Å². The monoisotopic (exact) mass is 412 g/mol. The minimum atomic E-state index is -3.93. The van der Waals surface area contributed by atoms with Crippen molar-refractivity contribution in [2.75, 3.05) is 32.2 Å². The van der Waals surface area contributed by atoms with Crippen LogP contribution in [0.25, 0.3) is 10.9 Å². The second-order valence-corrected chi connectivity index (χ2v) is 7.44. The summed E-state index contributed by atoms with van der Waals surface area (Å²) in [4.78, 5) is 10.9. The summed E-state index contributed by atoms with van der Waals surface area (Å²) in [6, 6.07) is 4.88. The van der Waals surface area contributed by atoms with Crippen molar-refractivity contribution in [1.82, 2.24) is 15.0 Å². The molecule has 2 aromatic heterocycles. The molecule has 0 unspecified atom stereocenters. The molecule has 0 atom stereocenters. The molecule has 0 fully saturated rings. The molecule has 11 heteroatoms. The Morgan fingerprint density at radius 3 is 2.81 bits per heavy atom. The zero-order valence-corrected chi connectivity index (χ0v) is 16.1. The molecule has 0 aliphatic rings. The van der Waals surface area contributed by atoms with E-state index in [1.54, 1.807) is 25.3 Å². The molecule has 0 bridgehead atoms. The third-order valence-electron chi connectivity index (χ3n) is 3.58. The Morgan fingerprint density at radius 2 is 2.07 bits per heavy atom. The predicted molar refractivity (Wildman–Crippen MR) is 100 cm³/mol. The number of fused-ring (bicyclic) bond motifs is 1. The van der Waals surface area contributed by atoms with Crippen molar-refractivity contribution in [2.45, 2.75) is 4.90 Å². The number of hydrogen-bond acceptors (Lipinski definition) is 7. The highest BCUT2D eigenvalue weighted by Crippen LogP contribution is 2.28. The zero-order chi connectivity index (χ0) is 19.4. The Bertz CT molecular complexity index is 1050. The lowest BCUT2D eigenvalue weighted by Crippen LogP contribution is -2.15. The van der Waals surface area contributed by atoms with Gasteiger partial charge in [0.15, 0.2) is 5.75 Å². The number of benzene rings is 1. The summed E-state index contributed by atoms with van der Waals surface area (Å²) in [5.74, 6) is 0.234. The number of aromatic amines is 1. The van der Waals surface area contributed by atoms with Gasteiger partial charge < -0.3 is 19.2 Å². The van der Waals surface area contributed by atoms with Crippen LogP contribution in [0.1, 0.15) is 0 Å². The molecule has 2 N–H and O–H groups in total. The van der Waals surface area contributed by atoms with Gasteiger partial charge in [-0.3, -0.25) is 0 Å². The first-order chi connectivity index (χ1) is 12.9. The summed E-state index contributed by atoms with van der Waals surface area (Å²) < 4.78 is 43.2. The number of rotatable bonds is 8. The van der Waals surface area contributed by atoms with Gasteiger partial charge >= 0.3 is 0 Å². The molecule has 0 radical (unpaired) electrons. The number of halogens is 1. The van der Waals surface area contributed by atoms with E-state index in [2.05, 4.69) is 19.7 Å². The van der Waals surface area contributed by atoms with Crippen molar-refractivity contribution < 1.29 is 22.6 Å². The minimum Gasteiger partial charge on any atom is -0.484 e. The molecule has 0 saturated carbocycles. The maximum Gasteiger partial charge on any atom is 0.266 e. The van der Waals surface area contributed by atoms with Gasteiger partial charge in [0.05, 0.1) is 19.9 Å². The Hall–Kier alpha value is -2.56. The quantitative estimate of drug-likeness (QED) is 0.546. The molecule has 0 aliphatic carbocycles. The molecule has 144 valence electrons. The van der Waals surface area contributed by atoms with E-state index < -0.39 is 10.0 Å².